The number of rotatable bonds is 5. The summed E-state index contributed by atoms with van der Waals surface area (Å²) in [5.41, 5.74) is 2.36. The average molecular weight is 389 g/mol. The van der Waals surface area contributed by atoms with Crippen molar-refractivity contribution < 1.29 is 19.4 Å². The molecule has 146 valence electrons. The molecule has 0 fully saturated rings. The number of carboxylic acid groups (broad SMARTS) is 1. The van der Waals surface area contributed by atoms with Crippen LogP contribution in [0.4, 0.5) is 0 Å². The van der Waals surface area contributed by atoms with Crippen molar-refractivity contribution >= 4 is 23.1 Å². The summed E-state index contributed by atoms with van der Waals surface area (Å²) >= 11 is 0.824. The minimum atomic E-state index is -1.32. The second-order valence-corrected chi connectivity index (χ2v) is 9.64. The summed E-state index contributed by atoms with van der Waals surface area (Å²) in [5.74, 6) is -1.02. The van der Waals surface area contributed by atoms with E-state index in [1.54, 1.807) is 6.92 Å². The number of thiazole rings is 1. The van der Waals surface area contributed by atoms with Crippen LogP contribution in [0.15, 0.2) is 18.2 Å². The van der Waals surface area contributed by atoms with Crippen molar-refractivity contribution in [3.05, 3.63) is 44.9 Å². The Bertz CT molecular complexity index is 869. The monoisotopic (exact) mass is 388 g/mol. The topological polar surface area (TPSA) is 79.3 Å². The van der Waals surface area contributed by atoms with E-state index in [9.17, 15) is 14.7 Å². The zero-order chi connectivity index (χ0) is 20.6. The van der Waals surface area contributed by atoms with Crippen LogP contribution in [0, 0.1) is 6.92 Å². The van der Waals surface area contributed by atoms with Gasteiger partial charge in [0.15, 0.2) is 11.6 Å². The summed E-state index contributed by atoms with van der Waals surface area (Å²) in [6.45, 7) is 14.1. The predicted molar refractivity (Wildman–Crippen MR) is 105 cm³/mol. The van der Waals surface area contributed by atoms with Gasteiger partial charge in [-0.05, 0) is 34.9 Å². The molecule has 0 aliphatic heterocycles. The lowest BCUT2D eigenvalue weighted by Crippen LogP contribution is -2.21. The number of aryl methyl sites for hydroxylation is 1. The Kier molecular flexibility index (Phi) is 5.80. The lowest BCUT2D eigenvalue weighted by molar-refractivity contribution is -0.254. The lowest BCUT2D eigenvalue weighted by atomic mass is 9.80. The van der Waals surface area contributed by atoms with Crippen molar-refractivity contribution in [3.8, 4) is 5.75 Å². The van der Waals surface area contributed by atoms with Crippen LogP contribution in [-0.2, 0) is 10.8 Å². The van der Waals surface area contributed by atoms with Gasteiger partial charge in [-0.25, -0.2) is 4.98 Å². The van der Waals surface area contributed by atoms with E-state index < -0.39 is 5.97 Å². The molecule has 0 saturated heterocycles. The highest BCUT2D eigenvalue weighted by Gasteiger charge is 2.24. The molecule has 0 saturated carbocycles. The number of carbonyl (C=O) groups is 2. The molecular formula is C21H26NO4S-. The molecule has 0 atom stereocenters. The molecule has 0 unspecified atom stereocenters. The van der Waals surface area contributed by atoms with Gasteiger partial charge in [0.05, 0.1) is 16.5 Å². The van der Waals surface area contributed by atoms with E-state index in [-0.39, 0.29) is 38.8 Å². The van der Waals surface area contributed by atoms with Crippen LogP contribution in [0.25, 0.3) is 0 Å². The number of benzene rings is 1. The van der Waals surface area contributed by atoms with Gasteiger partial charge in [0, 0.05) is 0 Å². The maximum absolute atomic E-state index is 12.4. The van der Waals surface area contributed by atoms with Crippen LogP contribution in [0.1, 0.15) is 77.8 Å². The van der Waals surface area contributed by atoms with Gasteiger partial charge in [-0.1, -0.05) is 53.7 Å². The highest BCUT2D eigenvalue weighted by Crippen LogP contribution is 2.35. The molecule has 1 heterocycles. The molecule has 0 aliphatic rings. The summed E-state index contributed by atoms with van der Waals surface area (Å²) < 4.78 is 5.81. The van der Waals surface area contributed by atoms with Crippen LogP contribution in [0.5, 0.6) is 5.75 Å². The minimum absolute atomic E-state index is 0.00797. The van der Waals surface area contributed by atoms with E-state index in [0.717, 1.165) is 16.9 Å². The van der Waals surface area contributed by atoms with E-state index in [0.29, 0.717) is 5.75 Å². The fourth-order valence-corrected chi connectivity index (χ4v) is 3.44. The fourth-order valence-electron chi connectivity index (χ4n) is 2.62. The average Bonchev–Trinajstić information content (AvgIpc) is 2.93. The van der Waals surface area contributed by atoms with Crippen molar-refractivity contribution in [2.75, 3.05) is 6.61 Å². The Labute approximate surface area is 164 Å². The first-order valence-corrected chi connectivity index (χ1v) is 9.62. The smallest absolute Gasteiger partial charge is 0.228 e. The third kappa shape index (κ3) is 4.95. The van der Waals surface area contributed by atoms with E-state index in [4.69, 9.17) is 4.74 Å². The Hall–Kier alpha value is -2.21. The number of ketones is 1. The molecule has 0 amide bonds. The Morgan fingerprint density at radius 1 is 1.11 bits per heavy atom. The molecule has 2 aromatic rings. The number of nitrogens with zero attached hydrogens (tertiary/aromatic N) is 1. The fraction of sp³-hybridized carbons (Fsp3) is 0.476. The molecule has 2 rings (SSSR count). The highest BCUT2D eigenvalue weighted by molar-refractivity contribution is 7.15. The maximum atomic E-state index is 12.4. The standard InChI is InChI=1S/C21H27NO4S/c1-12-17(19(24)25)27-18(22-12)15(23)11-26-16-9-8-13(20(2,3)4)10-14(16)21(5,6)7/h8-10H,11H2,1-7H3,(H,24,25)/p-1. The summed E-state index contributed by atoms with van der Waals surface area (Å²) in [6.07, 6.45) is 0. The number of Topliss-reactive ketones (excluding diaryl/α,β-unsaturated/α-hetero) is 1. The molecule has 0 radical (unpaired) electrons. The molecule has 0 N–H and O–H groups in total. The molecular weight excluding hydrogens is 362 g/mol. The van der Waals surface area contributed by atoms with Gasteiger partial charge in [0.25, 0.3) is 0 Å². The van der Waals surface area contributed by atoms with Gasteiger partial charge in [0.1, 0.15) is 5.75 Å². The first-order chi connectivity index (χ1) is 12.3. The SMILES string of the molecule is Cc1nc(C(=O)COc2ccc(C(C)(C)C)cc2C(C)(C)C)sc1C(=O)[O-]. The molecule has 6 heteroatoms. The molecule has 0 aliphatic carbocycles. The summed E-state index contributed by atoms with van der Waals surface area (Å²) in [6, 6.07) is 6.03. The lowest BCUT2D eigenvalue weighted by Gasteiger charge is -2.27. The zero-order valence-electron chi connectivity index (χ0n) is 16.9. The number of carboxylic acids is 1. The van der Waals surface area contributed by atoms with E-state index in [1.165, 1.54) is 5.56 Å². The molecule has 0 spiro atoms. The van der Waals surface area contributed by atoms with Crippen molar-refractivity contribution in [1.29, 1.82) is 0 Å². The summed E-state index contributed by atoms with van der Waals surface area (Å²) in [4.78, 5) is 27.4. The second-order valence-electron chi connectivity index (χ2n) is 8.64. The normalized spacial score (nSPS) is 12.1. The van der Waals surface area contributed by atoms with Crippen LogP contribution >= 0.6 is 11.3 Å². The van der Waals surface area contributed by atoms with Gasteiger partial charge < -0.3 is 14.6 Å². The van der Waals surface area contributed by atoms with Crippen LogP contribution in [0.3, 0.4) is 0 Å². The maximum Gasteiger partial charge on any atom is 0.228 e. The Balaban J connectivity index is 2.25. The molecule has 1 aromatic carbocycles. The minimum Gasteiger partial charge on any atom is -0.544 e. The van der Waals surface area contributed by atoms with Crippen LogP contribution < -0.4 is 9.84 Å². The van der Waals surface area contributed by atoms with Gasteiger partial charge in [-0.15, -0.1) is 11.3 Å². The van der Waals surface area contributed by atoms with Crippen molar-refractivity contribution in [2.45, 2.75) is 59.3 Å². The summed E-state index contributed by atoms with van der Waals surface area (Å²) in [5, 5.41) is 11.1. The van der Waals surface area contributed by atoms with Gasteiger partial charge in [-0.3, -0.25) is 4.79 Å². The Morgan fingerprint density at radius 2 is 1.74 bits per heavy atom. The van der Waals surface area contributed by atoms with Crippen LogP contribution in [0.2, 0.25) is 0 Å². The van der Waals surface area contributed by atoms with Crippen molar-refractivity contribution in [2.24, 2.45) is 0 Å². The number of hydrogen-bond acceptors (Lipinski definition) is 6. The first kappa shape index (κ1) is 21.1. The summed E-state index contributed by atoms with van der Waals surface area (Å²) in [7, 11) is 0. The van der Waals surface area contributed by atoms with Gasteiger partial charge in [0.2, 0.25) is 5.78 Å². The molecule has 1 aromatic heterocycles. The van der Waals surface area contributed by atoms with E-state index >= 15 is 0 Å². The van der Waals surface area contributed by atoms with Gasteiger partial charge in [-0.2, -0.15) is 0 Å². The highest BCUT2D eigenvalue weighted by atomic mass is 32.1. The number of aromatic carboxylic acids is 1. The molecule has 5 nitrogen and oxygen atoms in total. The Morgan fingerprint density at radius 3 is 2.22 bits per heavy atom. The third-order valence-corrected chi connectivity index (χ3v) is 5.41. The number of ether oxygens (including phenoxy) is 1. The molecule has 0 bridgehead atoms. The van der Waals surface area contributed by atoms with Gasteiger partial charge >= 0.3 is 0 Å². The quantitative estimate of drug-likeness (QED) is 0.730. The third-order valence-electron chi connectivity index (χ3n) is 4.23. The number of carbonyl (C=O) groups excluding carboxylic acids is 2. The van der Waals surface area contributed by atoms with E-state index in [1.807, 2.05) is 12.1 Å². The number of aromatic nitrogens is 1. The number of hydrogen-bond donors (Lipinski definition) is 0. The zero-order valence-corrected chi connectivity index (χ0v) is 17.7. The second kappa shape index (κ2) is 7.43. The predicted octanol–water partition coefficient (Wildman–Crippen LogP) is 3.67. The van der Waals surface area contributed by atoms with Crippen molar-refractivity contribution in [3.63, 3.8) is 0 Å². The van der Waals surface area contributed by atoms with Crippen molar-refractivity contribution in [1.82, 2.24) is 4.98 Å². The first-order valence-electron chi connectivity index (χ1n) is 8.80. The van der Waals surface area contributed by atoms with E-state index in [2.05, 4.69) is 52.6 Å². The molecule has 27 heavy (non-hydrogen) atoms. The van der Waals surface area contributed by atoms with Crippen LogP contribution in [-0.4, -0.2) is 23.3 Å². The largest absolute Gasteiger partial charge is 0.544 e.